The molecule has 0 radical (unpaired) electrons. The van der Waals surface area contributed by atoms with Crippen molar-refractivity contribution in [3.63, 3.8) is 0 Å². The van der Waals surface area contributed by atoms with Crippen LogP contribution in [0.25, 0.3) is 0 Å². The molecule has 1 aromatic carbocycles. The summed E-state index contributed by atoms with van der Waals surface area (Å²) in [6.07, 6.45) is 0. The number of hydrogen-bond acceptors (Lipinski definition) is 4. The average Bonchev–Trinajstić information content (AvgIpc) is 2.36. The molecule has 1 rings (SSSR count). The lowest BCUT2D eigenvalue weighted by Gasteiger charge is -2.26. The molecule has 1 aromatic rings. The summed E-state index contributed by atoms with van der Waals surface area (Å²) in [6, 6.07) is 7.93. The van der Waals surface area contributed by atoms with Gasteiger partial charge >= 0.3 is 0 Å². The van der Waals surface area contributed by atoms with Gasteiger partial charge in [0.1, 0.15) is 5.75 Å². The summed E-state index contributed by atoms with van der Waals surface area (Å²) < 4.78 is 5.16. The Morgan fingerprint density at radius 2 is 2.25 bits per heavy atom. The van der Waals surface area contributed by atoms with Crippen LogP contribution in [-0.4, -0.2) is 37.2 Å². The molecule has 3 nitrogen and oxygen atoms in total. The Hall–Kier alpha value is -0.710. The first-order chi connectivity index (χ1) is 7.63. The number of nitrogens with one attached hydrogen (secondary N) is 1. The smallest absolute Gasteiger partial charge is 0.119 e. The predicted molar refractivity (Wildman–Crippen MR) is 68.3 cm³/mol. The van der Waals surface area contributed by atoms with Crippen LogP contribution in [0, 0.1) is 0 Å². The molecule has 0 saturated heterocycles. The zero-order valence-corrected chi connectivity index (χ0v) is 10.8. The van der Waals surface area contributed by atoms with Crippen LogP contribution in [0.1, 0.15) is 6.92 Å². The van der Waals surface area contributed by atoms with E-state index in [0.717, 1.165) is 16.4 Å². The maximum Gasteiger partial charge on any atom is 0.119 e. The summed E-state index contributed by atoms with van der Waals surface area (Å²) in [4.78, 5) is 1.15. The molecule has 0 aromatic heterocycles. The van der Waals surface area contributed by atoms with Gasteiger partial charge in [-0.15, -0.1) is 11.8 Å². The summed E-state index contributed by atoms with van der Waals surface area (Å²) in [5.74, 6) is 1.67. The second kappa shape index (κ2) is 6.13. The third kappa shape index (κ3) is 3.70. The summed E-state index contributed by atoms with van der Waals surface area (Å²) in [6.45, 7) is 2.13. The largest absolute Gasteiger partial charge is 0.497 e. The van der Waals surface area contributed by atoms with Gasteiger partial charge in [0.25, 0.3) is 0 Å². The van der Waals surface area contributed by atoms with Crippen LogP contribution >= 0.6 is 11.8 Å². The van der Waals surface area contributed by atoms with Gasteiger partial charge < -0.3 is 15.2 Å². The first-order valence-electron chi connectivity index (χ1n) is 5.20. The van der Waals surface area contributed by atoms with Gasteiger partial charge in [0.2, 0.25) is 0 Å². The van der Waals surface area contributed by atoms with Crippen molar-refractivity contribution >= 4 is 11.8 Å². The van der Waals surface area contributed by atoms with Crippen molar-refractivity contribution in [3.05, 3.63) is 24.3 Å². The average molecular weight is 241 g/mol. The van der Waals surface area contributed by atoms with E-state index in [4.69, 9.17) is 4.74 Å². The lowest BCUT2D eigenvalue weighted by molar-refractivity contribution is 0.200. The quantitative estimate of drug-likeness (QED) is 0.745. The molecular weight excluding hydrogens is 222 g/mol. The minimum absolute atomic E-state index is 0.125. The van der Waals surface area contributed by atoms with E-state index in [1.807, 2.05) is 38.2 Å². The van der Waals surface area contributed by atoms with Gasteiger partial charge in [0, 0.05) is 16.2 Å². The number of hydrogen-bond donors (Lipinski definition) is 2. The number of rotatable bonds is 6. The second-order valence-corrected chi connectivity index (χ2v) is 4.99. The van der Waals surface area contributed by atoms with Gasteiger partial charge in [-0.3, -0.25) is 0 Å². The maximum absolute atomic E-state index is 9.26. The van der Waals surface area contributed by atoms with Gasteiger partial charge in [-0.05, 0) is 32.2 Å². The summed E-state index contributed by atoms with van der Waals surface area (Å²) in [7, 11) is 3.53. The number of aliphatic hydroxyl groups excluding tert-OH is 1. The van der Waals surface area contributed by atoms with E-state index in [1.165, 1.54) is 0 Å². The van der Waals surface area contributed by atoms with Crippen LogP contribution in [-0.2, 0) is 0 Å². The number of methoxy groups -OCH3 is 1. The van der Waals surface area contributed by atoms with E-state index in [0.29, 0.717) is 0 Å². The molecule has 0 bridgehead atoms. The number of benzene rings is 1. The molecular formula is C12H19NO2S. The number of thioether (sulfide) groups is 1. The number of likely N-dealkylation sites (N-methyl/N-ethyl adjacent to an activating group) is 1. The number of ether oxygens (including phenoxy) is 1. The summed E-state index contributed by atoms with van der Waals surface area (Å²) in [5, 5.41) is 12.4. The van der Waals surface area contributed by atoms with E-state index in [2.05, 4.69) is 5.32 Å². The molecule has 1 atom stereocenters. The Kier molecular flexibility index (Phi) is 5.12. The maximum atomic E-state index is 9.26. The molecule has 0 saturated carbocycles. The highest BCUT2D eigenvalue weighted by atomic mass is 32.2. The summed E-state index contributed by atoms with van der Waals surface area (Å²) in [5.41, 5.74) is -0.242. The van der Waals surface area contributed by atoms with Crippen LogP contribution in [0.2, 0.25) is 0 Å². The Bertz CT molecular complexity index is 327. The molecule has 16 heavy (non-hydrogen) atoms. The molecule has 90 valence electrons. The molecule has 2 N–H and O–H groups in total. The molecule has 0 spiro atoms. The molecule has 0 aliphatic rings. The van der Waals surface area contributed by atoms with E-state index in [1.54, 1.807) is 18.9 Å². The lowest BCUT2D eigenvalue weighted by Crippen LogP contribution is -2.45. The third-order valence-electron chi connectivity index (χ3n) is 2.55. The molecule has 4 heteroatoms. The van der Waals surface area contributed by atoms with E-state index in [-0.39, 0.29) is 12.1 Å². The zero-order valence-electron chi connectivity index (χ0n) is 9.99. The fourth-order valence-electron chi connectivity index (χ4n) is 1.13. The van der Waals surface area contributed by atoms with Gasteiger partial charge in [-0.1, -0.05) is 6.07 Å². The molecule has 0 amide bonds. The fraction of sp³-hybridized carbons (Fsp3) is 0.500. The van der Waals surface area contributed by atoms with E-state index < -0.39 is 0 Å². The van der Waals surface area contributed by atoms with Gasteiger partial charge in [-0.25, -0.2) is 0 Å². The SMILES string of the molecule is CNC(C)(CO)CSc1cccc(OC)c1. The van der Waals surface area contributed by atoms with Crippen molar-refractivity contribution < 1.29 is 9.84 Å². The van der Waals surface area contributed by atoms with Gasteiger partial charge in [0.15, 0.2) is 0 Å². The first kappa shape index (κ1) is 13.4. The van der Waals surface area contributed by atoms with Crippen LogP contribution < -0.4 is 10.1 Å². The van der Waals surface area contributed by atoms with Crippen molar-refractivity contribution in [1.82, 2.24) is 5.32 Å². The van der Waals surface area contributed by atoms with Crippen LogP contribution in [0.5, 0.6) is 5.75 Å². The minimum Gasteiger partial charge on any atom is -0.497 e. The normalized spacial score (nSPS) is 14.5. The predicted octanol–water partition coefficient (Wildman–Crippen LogP) is 1.76. The van der Waals surface area contributed by atoms with Crippen molar-refractivity contribution in [1.29, 1.82) is 0 Å². The Morgan fingerprint density at radius 1 is 1.50 bits per heavy atom. The third-order valence-corrected chi connectivity index (χ3v) is 3.92. The Labute approximate surface area is 101 Å². The Morgan fingerprint density at radius 3 is 2.81 bits per heavy atom. The highest BCUT2D eigenvalue weighted by molar-refractivity contribution is 7.99. The lowest BCUT2D eigenvalue weighted by atomic mass is 10.1. The van der Waals surface area contributed by atoms with Gasteiger partial charge in [0.05, 0.1) is 13.7 Å². The monoisotopic (exact) mass is 241 g/mol. The minimum atomic E-state index is -0.242. The molecule has 0 aliphatic heterocycles. The topological polar surface area (TPSA) is 41.5 Å². The van der Waals surface area contributed by atoms with Crippen molar-refractivity contribution in [2.24, 2.45) is 0 Å². The van der Waals surface area contributed by atoms with Crippen LogP contribution in [0.15, 0.2) is 29.2 Å². The Balaban J connectivity index is 2.60. The molecule has 0 fully saturated rings. The number of aliphatic hydroxyl groups is 1. The first-order valence-corrected chi connectivity index (χ1v) is 6.19. The van der Waals surface area contributed by atoms with Crippen molar-refractivity contribution in [2.75, 3.05) is 26.5 Å². The van der Waals surface area contributed by atoms with Crippen LogP contribution in [0.4, 0.5) is 0 Å². The highest BCUT2D eigenvalue weighted by Crippen LogP contribution is 2.25. The standard InChI is InChI=1S/C12H19NO2S/c1-12(8-14,13-2)9-16-11-6-4-5-10(7-11)15-3/h4-7,13-14H,8-9H2,1-3H3. The fourth-order valence-corrected chi connectivity index (χ4v) is 2.23. The zero-order chi connectivity index (χ0) is 12.0. The van der Waals surface area contributed by atoms with E-state index >= 15 is 0 Å². The van der Waals surface area contributed by atoms with Crippen molar-refractivity contribution in [2.45, 2.75) is 17.4 Å². The van der Waals surface area contributed by atoms with Crippen molar-refractivity contribution in [3.8, 4) is 5.75 Å². The van der Waals surface area contributed by atoms with Gasteiger partial charge in [-0.2, -0.15) is 0 Å². The second-order valence-electron chi connectivity index (χ2n) is 3.94. The highest BCUT2D eigenvalue weighted by Gasteiger charge is 2.20. The molecule has 0 aliphatic carbocycles. The molecule has 0 heterocycles. The van der Waals surface area contributed by atoms with E-state index in [9.17, 15) is 5.11 Å². The molecule has 1 unspecified atom stereocenters. The van der Waals surface area contributed by atoms with Crippen LogP contribution in [0.3, 0.4) is 0 Å². The summed E-state index contributed by atoms with van der Waals surface area (Å²) >= 11 is 1.70.